The van der Waals surface area contributed by atoms with Crippen LogP contribution in [-0.4, -0.2) is 24.7 Å². The maximum atomic E-state index is 4.65. The predicted octanol–water partition coefficient (Wildman–Crippen LogP) is 0.963. The maximum Gasteiger partial charge on any atom is 0.213 e. The quantitative estimate of drug-likeness (QED) is 0.721. The van der Waals surface area contributed by atoms with Crippen molar-refractivity contribution in [2.45, 2.75) is 6.54 Å². The Morgan fingerprint density at radius 3 is 3.12 bits per heavy atom. The largest absolute Gasteiger partial charge is 0.361 e. The van der Waals surface area contributed by atoms with Crippen molar-refractivity contribution in [1.29, 1.82) is 0 Å². The van der Waals surface area contributed by atoms with E-state index in [9.17, 15) is 0 Å². The Bertz CT molecular complexity index is 629. The Labute approximate surface area is 96.5 Å². The highest BCUT2D eigenvalue weighted by molar-refractivity contribution is 5.85. The number of imidazole rings is 1. The van der Waals surface area contributed by atoms with Crippen LogP contribution in [0.1, 0.15) is 5.82 Å². The first kappa shape index (κ1) is 9.76. The van der Waals surface area contributed by atoms with Gasteiger partial charge in [0.15, 0.2) is 11.6 Å². The lowest BCUT2D eigenvalue weighted by Crippen LogP contribution is -2.03. The summed E-state index contributed by atoms with van der Waals surface area (Å²) in [5, 5.41) is 6.85. The van der Waals surface area contributed by atoms with Crippen LogP contribution in [0, 0.1) is 0 Å². The Balaban J connectivity index is 1.90. The molecule has 0 aliphatic carbocycles. The molecule has 86 valence electrons. The van der Waals surface area contributed by atoms with Crippen molar-refractivity contribution < 1.29 is 4.52 Å². The normalized spacial score (nSPS) is 10.9. The van der Waals surface area contributed by atoms with Gasteiger partial charge in [0.2, 0.25) is 6.39 Å². The van der Waals surface area contributed by atoms with Crippen LogP contribution in [0.15, 0.2) is 29.5 Å². The number of aromatic nitrogens is 5. The first-order chi connectivity index (χ1) is 8.34. The van der Waals surface area contributed by atoms with Crippen molar-refractivity contribution in [3.63, 3.8) is 0 Å². The number of nitrogens with zero attached hydrogens (tertiary/aromatic N) is 5. The van der Waals surface area contributed by atoms with Crippen LogP contribution in [0.5, 0.6) is 0 Å². The van der Waals surface area contributed by atoms with Gasteiger partial charge in [-0.2, -0.15) is 4.98 Å². The lowest BCUT2D eigenvalue weighted by atomic mass is 10.3. The van der Waals surface area contributed by atoms with Crippen LogP contribution < -0.4 is 5.32 Å². The minimum Gasteiger partial charge on any atom is -0.361 e. The molecule has 0 atom stereocenters. The number of anilines is 1. The Hall–Kier alpha value is -2.44. The zero-order valence-corrected chi connectivity index (χ0v) is 9.16. The van der Waals surface area contributed by atoms with Gasteiger partial charge in [0.1, 0.15) is 5.52 Å². The van der Waals surface area contributed by atoms with E-state index < -0.39 is 0 Å². The molecule has 0 fully saturated rings. The van der Waals surface area contributed by atoms with Gasteiger partial charge in [0, 0.05) is 13.2 Å². The predicted molar refractivity (Wildman–Crippen MR) is 60.1 cm³/mol. The molecule has 0 aliphatic rings. The van der Waals surface area contributed by atoms with Crippen molar-refractivity contribution in [3.8, 4) is 0 Å². The Kier molecular flexibility index (Phi) is 2.21. The van der Waals surface area contributed by atoms with E-state index in [1.165, 1.54) is 6.39 Å². The van der Waals surface area contributed by atoms with Gasteiger partial charge in [0.05, 0.1) is 18.4 Å². The van der Waals surface area contributed by atoms with Gasteiger partial charge in [0.25, 0.3) is 0 Å². The van der Waals surface area contributed by atoms with Gasteiger partial charge < -0.3 is 14.4 Å². The molecule has 0 aromatic carbocycles. The zero-order chi connectivity index (χ0) is 11.7. The topological polar surface area (TPSA) is 81.7 Å². The minimum absolute atomic E-state index is 0.458. The van der Waals surface area contributed by atoms with Crippen LogP contribution >= 0.6 is 0 Å². The van der Waals surface area contributed by atoms with Gasteiger partial charge in [-0.25, -0.2) is 9.97 Å². The molecule has 3 aromatic rings. The van der Waals surface area contributed by atoms with Crippen molar-refractivity contribution >= 4 is 16.9 Å². The summed E-state index contributed by atoms with van der Waals surface area (Å²) in [6, 6.07) is 1.92. The smallest absolute Gasteiger partial charge is 0.213 e. The van der Waals surface area contributed by atoms with Crippen LogP contribution in [0.4, 0.5) is 5.82 Å². The second kappa shape index (κ2) is 3.85. The number of pyridine rings is 1. The highest BCUT2D eigenvalue weighted by Gasteiger charge is 2.07. The van der Waals surface area contributed by atoms with Gasteiger partial charge in [-0.15, -0.1) is 0 Å². The highest BCUT2D eigenvalue weighted by atomic mass is 16.5. The third-order valence-electron chi connectivity index (χ3n) is 2.46. The van der Waals surface area contributed by atoms with E-state index >= 15 is 0 Å². The zero-order valence-electron chi connectivity index (χ0n) is 9.16. The molecule has 3 heterocycles. The fourth-order valence-electron chi connectivity index (χ4n) is 1.62. The lowest BCUT2D eigenvalue weighted by Gasteiger charge is -2.03. The summed E-state index contributed by atoms with van der Waals surface area (Å²) in [5.74, 6) is 1.30. The third-order valence-corrected chi connectivity index (χ3v) is 2.46. The molecular formula is C10H10N6O. The molecule has 7 nitrogen and oxygen atoms in total. The first-order valence-corrected chi connectivity index (χ1v) is 5.10. The van der Waals surface area contributed by atoms with Gasteiger partial charge in [-0.05, 0) is 6.07 Å². The van der Waals surface area contributed by atoms with Crippen LogP contribution in [0.25, 0.3) is 11.0 Å². The molecule has 0 spiro atoms. The van der Waals surface area contributed by atoms with Gasteiger partial charge in [-0.1, -0.05) is 5.16 Å². The third kappa shape index (κ3) is 1.71. The van der Waals surface area contributed by atoms with E-state index in [0.717, 1.165) is 11.0 Å². The molecule has 0 radical (unpaired) electrons. The fourth-order valence-corrected chi connectivity index (χ4v) is 1.62. The van der Waals surface area contributed by atoms with E-state index in [-0.39, 0.29) is 0 Å². The monoisotopic (exact) mass is 230 g/mol. The number of rotatable bonds is 3. The van der Waals surface area contributed by atoms with Gasteiger partial charge in [-0.3, -0.25) is 0 Å². The molecule has 1 N–H and O–H groups in total. The molecule has 0 aliphatic heterocycles. The summed E-state index contributed by atoms with van der Waals surface area (Å²) >= 11 is 0. The van der Waals surface area contributed by atoms with Gasteiger partial charge >= 0.3 is 0 Å². The molecule has 0 saturated heterocycles. The molecule has 0 amide bonds. The summed E-state index contributed by atoms with van der Waals surface area (Å²) in [6.45, 7) is 0.458. The number of hydrogen-bond donors (Lipinski definition) is 1. The van der Waals surface area contributed by atoms with E-state index in [1.54, 1.807) is 12.5 Å². The number of aryl methyl sites for hydroxylation is 1. The van der Waals surface area contributed by atoms with Crippen molar-refractivity contribution in [2.75, 3.05) is 5.32 Å². The lowest BCUT2D eigenvalue weighted by molar-refractivity contribution is 0.411. The molecule has 0 unspecified atom stereocenters. The summed E-state index contributed by atoms with van der Waals surface area (Å²) < 4.78 is 6.59. The van der Waals surface area contributed by atoms with Crippen molar-refractivity contribution in [2.24, 2.45) is 7.05 Å². The maximum absolute atomic E-state index is 4.65. The number of nitrogens with one attached hydrogen (secondary N) is 1. The van der Waals surface area contributed by atoms with Crippen LogP contribution in [-0.2, 0) is 13.6 Å². The minimum atomic E-state index is 0.458. The molecule has 17 heavy (non-hydrogen) atoms. The van der Waals surface area contributed by atoms with E-state index in [1.807, 2.05) is 17.7 Å². The molecular weight excluding hydrogens is 220 g/mol. The summed E-state index contributed by atoms with van der Waals surface area (Å²) in [5.41, 5.74) is 1.86. The standard InChI is InChI=1S/C10H10N6O/c1-16-5-13-9-7(16)2-3-11-10(9)12-4-8-14-6-17-15-8/h2-3,5-6H,4H2,1H3,(H,11,12). The van der Waals surface area contributed by atoms with Crippen LogP contribution in [0.2, 0.25) is 0 Å². The summed E-state index contributed by atoms with van der Waals surface area (Å²) in [4.78, 5) is 12.5. The average Bonchev–Trinajstić information content (AvgIpc) is 2.97. The number of hydrogen-bond acceptors (Lipinski definition) is 6. The second-order valence-electron chi connectivity index (χ2n) is 3.58. The Morgan fingerprint density at radius 1 is 1.35 bits per heavy atom. The van der Waals surface area contributed by atoms with E-state index in [4.69, 9.17) is 0 Å². The van der Waals surface area contributed by atoms with Crippen molar-refractivity contribution in [3.05, 3.63) is 30.8 Å². The average molecular weight is 230 g/mol. The SMILES string of the molecule is Cn1cnc2c(NCc3ncon3)nccc21. The van der Waals surface area contributed by atoms with E-state index in [2.05, 4.69) is 29.9 Å². The molecule has 3 aromatic heterocycles. The van der Waals surface area contributed by atoms with E-state index in [0.29, 0.717) is 18.2 Å². The summed E-state index contributed by atoms with van der Waals surface area (Å²) in [7, 11) is 1.94. The Morgan fingerprint density at radius 2 is 2.29 bits per heavy atom. The summed E-state index contributed by atoms with van der Waals surface area (Å²) in [6.07, 6.45) is 4.79. The molecule has 3 rings (SSSR count). The fraction of sp³-hybridized carbons (Fsp3) is 0.200. The van der Waals surface area contributed by atoms with Crippen LogP contribution in [0.3, 0.4) is 0 Å². The molecule has 0 bridgehead atoms. The highest BCUT2D eigenvalue weighted by Crippen LogP contribution is 2.18. The first-order valence-electron chi connectivity index (χ1n) is 5.10. The molecule has 7 heteroatoms. The number of fused-ring (bicyclic) bond motifs is 1. The second-order valence-corrected chi connectivity index (χ2v) is 3.58. The van der Waals surface area contributed by atoms with Crippen molar-refractivity contribution in [1.82, 2.24) is 24.7 Å². The molecule has 0 saturated carbocycles.